The molecule has 39 heavy (non-hydrogen) atoms. The number of aromatic nitrogens is 4. The van der Waals surface area contributed by atoms with Crippen LogP contribution in [-0.4, -0.2) is 62.5 Å². The van der Waals surface area contributed by atoms with Crippen LogP contribution in [0.15, 0.2) is 58.1 Å². The topological polar surface area (TPSA) is 96.2 Å². The predicted molar refractivity (Wildman–Crippen MR) is 149 cm³/mol. The third-order valence-electron chi connectivity index (χ3n) is 7.37. The Balaban J connectivity index is 1.37. The number of carbonyl (C=O) groups excluding carboxylic acids is 1. The lowest BCUT2D eigenvalue weighted by molar-refractivity contribution is 0.0926. The van der Waals surface area contributed by atoms with Crippen LogP contribution >= 0.6 is 0 Å². The van der Waals surface area contributed by atoms with Gasteiger partial charge in [-0.3, -0.25) is 28.6 Å². The summed E-state index contributed by atoms with van der Waals surface area (Å²) in [6.07, 6.45) is 0. The molecule has 0 aliphatic carbocycles. The molecule has 0 radical (unpaired) electrons. The Bertz CT molecular complexity index is 1640. The molecule has 10 heteroatoms. The Labute approximate surface area is 225 Å². The van der Waals surface area contributed by atoms with E-state index >= 15 is 0 Å². The average molecular weight is 533 g/mol. The van der Waals surface area contributed by atoms with Gasteiger partial charge >= 0.3 is 5.69 Å². The fourth-order valence-corrected chi connectivity index (χ4v) is 4.97. The van der Waals surface area contributed by atoms with Gasteiger partial charge in [-0.15, -0.1) is 0 Å². The highest BCUT2D eigenvalue weighted by Crippen LogP contribution is 2.24. The van der Waals surface area contributed by atoms with Crippen LogP contribution in [0, 0.1) is 5.82 Å². The van der Waals surface area contributed by atoms with E-state index < -0.39 is 11.2 Å². The second-order valence-corrected chi connectivity index (χ2v) is 11.1. The number of ketones is 1. The first-order valence-electron chi connectivity index (χ1n) is 13.1. The van der Waals surface area contributed by atoms with Gasteiger partial charge in [0.05, 0.1) is 13.1 Å². The van der Waals surface area contributed by atoms with E-state index in [-0.39, 0.29) is 34.7 Å². The highest BCUT2D eigenvalue weighted by atomic mass is 19.1. The molecule has 0 saturated carbocycles. The van der Waals surface area contributed by atoms with Crippen molar-refractivity contribution in [2.75, 3.05) is 37.6 Å². The van der Waals surface area contributed by atoms with Crippen LogP contribution in [0.1, 0.15) is 42.3 Å². The van der Waals surface area contributed by atoms with E-state index in [0.717, 1.165) is 0 Å². The van der Waals surface area contributed by atoms with E-state index in [9.17, 15) is 18.8 Å². The Morgan fingerprint density at radius 3 is 2.31 bits per heavy atom. The predicted octanol–water partition coefficient (Wildman–Crippen LogP) is 2.91. The number of nitrogens with zero attached hydrogens (tertiary/aromatic N) is 5. The molecule has 4 aromatic rings. The third-order valence-corrected chi connectivity index (χ3v) is 7.37. The van der Waals surface area contributed by atoms with Crippen molar-refractivity contribution in [1.29, 1.82) is 0 Å². The van der Waals surface area contributed by atoms with Crippen molar-refractivity contribution in [1.82, 2.24) is 24.0 Å². The van der Waals surface area contributed by atoms with Gasteiger partial charge in [0.15, 0.2) is 16.9 Å². The maximum Gasteiger partial charge on any atom is 0.329 e. The maximum absolute atomic E-state index is 14.6. The van der Waals surface area contributed by atoms with Gasteiger partial charge in [0.25, 0.3) is 5.56 Å². The Morgan fingerprint density at radius 1 is 1.00 bits per heavy atom. The average Bonchev–Trinajstić information content (AvgIpc) is 3.28. The van der Waals surface area contributed by atoms with E-state index in [0.29, 0.717) is 49.8 Å². The minimum Gasteiger partial charge on any atom is -0.340 e. The highest BCUT2D eigenvalue weighted by Gasteiger charge is 2.26. The van der Waals surface area contributed by atoms with Crippen molar-refractivity contribution in [3.05, 3.63) is 91.9 Å². The molecule has 0 amide bonds. The molecule has 0 spiro atoms. The Kier molecular flexibility index (Phi) is 6.98. The fourth-order valence-electron chi connectivity index (χ4n) is 4.97. The largest absolute Gasteiger partial charge is 0.340 e. The van der Waals surface area contributed by atoms with Gasteiger partial charge in [-0.25, -0.2) is 9.18 Å². The summed E-state index contributed by atoms with van der Waals surface area (Å²) >= 11 is 0. The van der Waals surface area contributed by atoms with E-state index in [1.54, 1.807) is 29.8 Å². The molecule has 0 atom stereocenters. The quantitative estimate of drug-likeness (QED) is 0.384. The van der Waals surface area contributed by atoms with Gasteiger partial charge in [-0.05, 0) is 17.0 Å². The molecule has 5 rings (SSSR count). The van der Waals surface area contributed by atoms with Crippen molar-refractivity contribution < 1.29 is 9.18 Å². The molecule has 1 aliphatic heterocycles. The minimum absolute atomic E-state index is 0.0257. The van der Waals surface area contributed by atoms with Crippen molar-refractivity contribution in [2.24, 2.45) is 7.05 Å². The zero-order valence-corrected chi connectivity index (χ0v) is 22.7. The fraction of sp³-hybridized carbons (Fsp3) is 0.379. The Hall–Kier alpha value is -4.05. The third kappa shape index (κ3) is 5.29. The number of H-pyrrole nitrogens is 1. The van der Waals surface area contributed by atoms with Gasteiger partial charge < -0.3 is 4.90 Å². The lowest BCUT2D eigenvalue weighted by Gasteiger charge is -2.35. The number of carbonyl (C=O) groups is 1. The number of fused-ring (bicyclic) bond motifs is 1. The van der Waals surface area contributed by atoms with Gasteiger partial charge in [-0.2, -0.15) is 4.98 Å². The number of hydrogen-bond donors (Lipinski definition) is 1. The summed E-state index contributed by atoms with van der Waals surface area (Å²) in [4.78, 5) is 49.2. The molecule has 0 unspecified atom stereocenters. The maximum atomic E-state index is 14.6. The Morgan fingerprint density at radius 2 is 1.67 bits per heavy atom. The number of anilines is 1. The number of imidazole rings is 1. The zero-order valence-electron chi connectivity index (χ0n) is 22.7. The molecule has 1 saturated heterocycles. The van der Waals surface area contributed by atoms with Crippen LogP contribution in [0.25, 0.3) is 11.2 Å². The number of nitrogens with one attached hydrogen (secondary N) is 1. The van der Waals surface area contributed by atoms with E-state index in [1.165, 1.54) is 16.2 Å². The standard InChI is InChI=1S/C29H33FN6O3/c1-29(2,3)21-11-9-19(10-12-21)23(37)18-34-13-15-35(16-14-34)27-31-25-24(26(38)32-28(39)33(25)4)36(27)17-20-7-5-6-8-22(20)30/h5-12H,13-18H2,1-4H3,(H,32,38,39). The smallest absolute Gasteiger partial charge is 0.329 e. The highest BCUT2D eigenvalue weighted by molar-refractivity contribution is 5.97. The number of piperazine rings is 1. The summed E-state index contributed by atoms with van der Waals surface area (Å²) in [7, 11) is 1.54. The summed E-state index contributed by atoms with van der Waals surface area (Å²) in [5.41, 5.74) is 1.64. The van der Waals surface area contributed by atoms with Crippen molar-refractivity contribution >= 4 is 22.9 Å². The van der Waals surface area contributed by atoms with Gasteiger partial charge in [0, 0.05) is 44.4 Å². The number of aromatic amines is 1. The number of halogens is 1. The van der Waals surface area contributed by atoms with E-state index in [1.807, 2.05) is 29.2 Å². The number of Topliss-reactive ketones (excluding diaryl/α,β-unsaturated/α-hetero) is 1. The number of hydrogen-bond acceptors (Lipinski definition) is 6. The van der Waals surface area contributed by atoms with Crippen LogP contribution in [0.2, 0.25) is 0 Å². The van der Waals surface area contributed by atoms with Crippen LogP contribution in [0.3, 0.4) is 0 Å². The second kappa shape index (κ2) is 10.3. The molecule has 1 N–H and O–H groups in total. The molecular formula is C29H33FN6O3. The second-order valence-electron chi connectivity index (χ2n) is 11.1. The van der Waals surface area contributed by atoms with Crippen molar-refractivity contribution in [3.63, 3.8) is 0 Å². The SMILES string of the molecule is Cn1c(=O)[nH]c(=O)c2c1nc(N1CCN(CC(=O)c3ccc(C(C)(C)C)cc3)CC1)n2Cc1ccccc1F. The van der Waals surface area contributed by atoms with Crippen LogP contribution in [-0.2, 0) is 19.0 Å². The molecule has 204 valence electrons. The van der Waals surface area contributed by atoms with Crippen LogP contribution < -0.4 is 16.1 Å². The lowest BCUT2D eigenvalue weighted by atomic mass is 9.86. The molecule has 1 fully saturated rings. The van der Waals surface area contributed by atoms with Gasteiger partial charge in [0.1, 0.15) is 5.82 Å². The number of aryl methyl sites for hydroxylation is 1. The van der Waals surface area contributed by atoms with Crippen molar-refractivity contribution in [2.45, 2.75) is 32.7 Å². The number of benzene rings is 2. The molecule has 0 bridgehead atoms. The summed E-state index contributed by atoms with van der Waals surface area (Å²) < 4.78 is 17.5. The molecular weight excluding hydrogens is 499 g/mol. The van der Waals surface area contributed by atoms with Crippen molar-refractivity contribution in [3.8, 4) is 0 Å². The first kappa shape index (κ1) is 26.6. The van der Waals surface area contributed by atoms with Gasteiger partial charge in [-0.1, -0.05) is 63.2 Å². The molecule has 2 aromatic heterocycles. The molecule has 9 nitrogen and oxygen atoms in total. The molecule has 3 heterocycles. The molecule has 1 aliphatic rings. The van der Waals surface area contributed by atoms with E-state index in [4.69, 9.17) is 0 Å². The normalized spacial score (nSPS) is 14.7. The first-order valence-corrected chi connectivity index (χ1v) is 13.1. The van der Waals surface area contributed by atoms with Gasteiger partial charge in [0.2, 0.25) is 5.95 Å². The summed E-state index contributed by atoms with van der Waals surface area (Å²) in [5.74, 6) is 0.173. The van der Waals surface area contributed by atoms with Crippen LogP contribution in [0.5, 0.6) is 0 Å². The summed E-state index contributed by atoms with van der Waals surface area (Å²) in [6.45, 7) is 9.17. The summed E-state index contributed by atoms with van der Waals surface area (Å²) in [5, 5.41) is 0. The molecule has 2 aromatic carbocycles. The first-order chi connectivity index (χ1) is 18.5. The number of rotatable bonds is 6. The monoisotopic (exact) mass is 532 g/mol. The summed E-state index contributed by atoms with van der Waals surface area (Å²) in [6, 6.07) is 14.2. The van der Waals surface area contributed by atoms with E-state index in [2.05, 4.69) is 35.6 Å². The lowest BCUT2D eigenvalue weighted by Crippen LogP contribution is -2.48. The minimum atomic E-state index is -0.565. The zero-order chi connectivity index (χ0) is 27.9. The van der Waals surface area contributed by atoms with Crippen LogP contribution in [0.4, 0.5) is 10.3 Å².